The third-order valence-corrected chi connectivity index (χ3v) is 7.99. The molecule has 0 radical (unpaired) electrons. The van der Waals surface area contributed by atoms with Crippen LogP contribution in [-0.2, 0) is 14.8 Å². The average molecular weight is 485 g/mol. The molecule has 0 unspecified atom stereocenters. The van der Waals surface area contributed by atoms with Crippen LogP contribution in [0.1, 0.15) is 38.3 Å². The molecule has 1 aliphatic heterocycles. The molecule has 1 aliphatic rings. The number of carbonyl (C=O) groups is 1. The SMILES string of the molecule is CCC(=O)N(C)C[C@@H]1Oc2cc(C#Cc3ccccc3)ccc2S(=O)(=O)N([C@H](C)CO)C[C@H]1C. The summed E-state index contributed by atoms with van der Waals surface area (Å²) in [6, 6.07) is 13.7. The van der Waals surface area contributed by atoms with E-state index in [2.05, 4.69) is 11.8 Å². The third-order valence-electron chi connectivity index (χ3n) is 5.97. The molecule has 0 aliphatic carbocycles. The molecular weight excluding hydrogens is 452 g/mol. The highest BCUT2D eigenvalue weighted by atomic mass is 32.2. The van der Waals surface area contributed by atoms with Crippen LogP contribution in [0.4, 0.5) is 0 Å². The number of hydrogen-bond acceptors (Lipinski definition) is 5. The van der Waals surface area contributed by atoms with Crippen molar-refractivity contribution in [1.29, 1.82) is 0 Å². The molecular formula is C26H32N2O5S. The lowest BCUT2D eigenvalue weighted by molar-refractivity contribution is -0.131. The lowest BCUT2D eigenvalue weighted by atomic mass is 10.0. The summed E-state index contributed by atoms with van der Waals surface area (Å²) in [6.07, 6.45) is -0.0735. The zero-order valence-electron chi connectivity index (χ0n) is 20.1. The highest BCUT2D eigenvalue weighted by molar-refractivity contribution is 7.89. The third kappa shape index (κ3) is 5.79. The van der Waals surface area contributed by atoms with Crippen molar-refractivity contribution in [3.63, 3.8) is 0 Å². The van der Waals surface area contributed by atoms with Gasteiger partial charge in [-0.2, -0.15) is 4.31 Å². The molecule has 34 heavy (non-hydrogen) atoms. The van der Waals surface area contributed by atoms with E-state index >= 15 is 0 Å². The highest BCUT2D eigenvalue weighted by Gasteiger charge is 2.38. The van der Waals surface area contributed by atoms with Crippen molar-refractivity contribution in [3.8, 4) is 17.6 Å². The summed E-state index contributed by atoms with van der Waals surface area (Å²) < 4.78 is 34.7. The Labute approximate surface area is 202 Å². The Morgan fingerprint density at radius 2 is 1.88 bits per heavy atom. The molecule has 8 heteroatoms. The first kappa shape index (κ1) is 25.8. The van der Waals surface area contributed by atoms with Gasteiger partial charge in [0.1, 0.15) is 16.7 Å². The average Bonchev–Trinajstić information content (AvgIpc) is 2.84. The van der Waals surface area contributed by atoms with E-state index in [0.29, 0.717) is 18.5 Å². The molecule has 182 valence electrons. The van der Waals surface area contributed by atoms with Gasteiger partial charge in [-0.1, -0.05) is 43.9 Å². The maximum atomic E-state index is 13.5. The number of hydrogen-bond donors (Lipinski definition) is 1. The van der Waals surface area contributed by atoms with Crippen molar-refractivity contribution in [2.24, 2.45) is 5.92 Å². The first-order chi connectivity index (χ1) is 16.2. The van der Waals surface area contributed by atoms with E-state index in [1.807, 2.05) is 37.3 Å². The van der Waals surface area contributed by atoms with E-state index in [-0.39, 0.29) is 35.6 Å². The Bertz CT molecular complexity index is 1170. The second kappa shape index (κ2) is 11.0. The molecule has 7 nitrogen and oxygen atoms in total. The molecule has 0 saturated carbocycles. The first-order valence-electron chi connectivity index (χ1n) is 11.4. The minimum atomic E-state index is -3.92. The summed E-state index contributed by atoms with van der Waals surface area (Å²) in [6.45, 7) is 5.54. The number of aliphatic hydroxyl groups excluding tert-OH is 1. The van der Waals surface area contributed by atoms with E-state index < -0.39 is 22.2 Å². The Morgan fingerprint density at radius 1 is 1.21 bits per heavy atom. The zero-order valence-corrected chi connectivity index (χ0v) is 20.9. The summed E-state index contributed by atoms with van der Waals surface area (Å²) >= 11 is 0. The van der Waals surface area contributed by atoms with Crippen LogP contribution in [0, 0.1) is 17.8 Å². The first-order valence-corrected chi connectivity index (χ1v) is 12.9. The molecule has 0 saturated heterocycles. The van der Waals surface area contributed by atoms with Crippen molar-refractivity contribution in [2.45, 2.75) is 44.2 Å². The fourth-order valence-electron chi connectivity index (χ4n) is 3.83. The second-order valence-corrected chi connectivity index (χ2v) is 10.5. The number of nitrogens with zero attached hydrogens (tertiary/aromatic N) is 2. The quantitative estimate of drug-likeness (QED) is 0.660. The number of fused-ring (bicyclic) bond motifs is 1. The number of carbonyl (C=O) groups excluding carboxylic acids is 1. The number of sulfonamides is 1. The Hall–Kier alpha value is -2.86. The van der Waals surface area contributed by atoms with Gasteiger partial charge < -0.3 is 14.7 Å². The monoisotopic (exact) mass is 484 g/mol. The van der Waals surface area contributed by atoms with Crippen LogP contribution in [-0.4, -0.2) is 67.5 Å². The Balaban J connectivity index is 2.06. The van der Waals surface area contributed by atoms with E-state index in [9.17, 15) is 18.3 Å². The van der Waals surface area contributed by atoms with E-state index in [1.54, 1.807) is 37.9 Å². The van der Waals surface area contributed by atoms with Gasteiger partial charge in [-0.3, -0.25) is 4.79 Å². The molecule has 3 rings (SSSR count). The number of amides is 1. The lowest BCUT2D eigenvalue weighted by Crippen LogP contribution is -2.50. The molecule has 0 fully saturated rings. The van der Waals surface area contributed by atoms with Gasteiger partial charge in [0.05, 0.1) is 13.2 Å². The summed E-state index contributed by atoms with van der Waals surface area (Å²) in [5.41, 5.74) is 1.46. The summed E-state index contributed by atoms with van der Waals surface area (Å²) in [7, 11) is -2.21. The smallest absolute Gasteiger partial charge is 0.247 e. The molecule has 0 bridgehead atoms. The Morgan fingerprint density at radius 3 is 2.53 bits per heavy atom. The number of likely N-dealkylation sites (N-methyl/N-ethyl adjacent to an activating group) is 1. The molecule has 1 N–H and O–H groups in total. The fourth-order valence-corrected chi connectivity index (χ4v) is 5.65. The van der Waals surface area contributed by atoms with Gasteiger partial charge in [-0.25, -0.2) is 8.42 Å². The summed E-state index contributed by atoms with van der Waals surface area (Å²) in [4.78, 5) is 13.8. The van der Waals surface area contributed by atoms with Gasteiger partial charge in [0.2, 0.25) is 15.9 Å². The van der Waals surface area contributed by atoms with E-state index in [0.717, 1.165) is 5.56 Å². The molecule has 1 heterocycles. The van der Waals surface area contributed by atoms with Crippen molar-refractivity contribution < 1.29 is 23.1 Å². The predicted molar refractivity (Wildman–Crippen MR) is 131 cm³/mol. The minimum absolute atomic E-state index is 0.0197. The van der Waals surface area contributed by atoms with Gasteiger partial charge in [-0.15, -0.1) is 0 Å². The minimum Gasteiger partial charge on any atom is -0.487 e. The molecule has 2 aromatic rings. The van der Waals surface area contributed by atoms with Crippen LogP contribution in [0.3, 0.4) is 0 Å². The van der Waals surface area contributed by atoms with Gasteiger partial charge >= 0.3 is 0 Å². The number of ether oxygens (including phenoxy) is 1. The van der Waals surface area contributed by atoms with Crippen LogP contribution in [0.15, 0.2) is 53.4 Å². The zero-order chi connectivity index (χ0) is 24.9. The number of rotatable bonds is 5. The van der Waals surface area contributed by atoms with Crippen LogP contribution in [0.5, 0.6) is 5.75 Å². The summed E-state index contributed by atoms with van der Waals surface area (Å²) in [5.74, 6) is 6.09. The molecule has 1 amide bonds. The van der Waals surface area contributed by atoms with Gasteiger partial charge in [-0.05, 0) is 37.3 Å². The van der Waals surface area contributed by atoms with Crippen LogP contribution in [0.2, 0.25) is 0 Å². The normalized spacial score (nSPS) is 20.5. The Kier molecular flexibility index (Phi) is 8.37. The van der Waals surface area contributed by atoms with Crippen molar-refractivity contribution >= 4 is 15.9 Å². The van der Waals surface area contributed by atoms with E-state index in [4.69, 9.17) is 4.74 Å². The maximum absolute atomic E-state index is 13.5. The van der Waals surface area contributed by atoms with Crippen molar-refractivity contribution in [2.75, 3.05) is 26.7 Å². The fraction of sp³-hybridized carbons (Fsp3) is 0.423. The van der Waals surface area contributed by atoms with Crippen molar-refractivity contribution in [1.82, 2.24) is 9.21 Å². The topological polar surface area (TPSA) is 87.2 Å². The maximum Gasteiger partial charge on any atom is 0.247 e. The standard InChI is InChI=1S/C26H32N2O5S/c1-5-26(30)27(4)17-24-19(2)16-28(20(3)18-29)34(31,32)25-14-13-22(15-23(25)33-24)12-11-21-9-7-6-8-10-21/h6-10,13-15,19-20,24,29H,5,16-18H2,1-4H3/t19-,20-,24+/m1/s1. The number of aliphatic hydroxyl groups is 1. The van der Waals surface area contributed by atoms with Crippen LogP contribution < -0.4 is 4.74 Å². The molecule has 2 aromatic carbocycles. The van der Waals surface area contributed by atoms with Crippen LogP contribution >= 0.6 is 0 Å². The largest absolute Gasteiger partial charge is 0.487 e. The predicted octanol–water partition coefficient (Wildman–Crippen LogP) is 2.72. The van der Waals surface area contributed by atoms with Gasteiger partial charge in [0.15, 0.2) is 0 Å². The lowest BCUT2D eigenvalue weighted by Gasteiger charge is -2.37. The highest BCUT2D eigenvalue weighted by Crippen LogP contribution is 2.34. The molecule has 0 spiro atoms. The number of benzene rings is 2. The molecule has 3 atom stereocenters. The van der Waals surface area contributed by atoms with Crippen molar-refractivity contribution in [3.05, 3.63) is 59.7 Å². The van der Waals surface area contributed by atoms with Gasteiger partial charge in [0, 0.05) is 43.1 Å². The van der Waals surface area contributed by atoms with Crippen LogP contribution in [0.25, 0.3) is 0 Å². The second-order valence-electron chi connectivity index (χ2n) is 8.65. The summed E-state index contributed by atoms with van der Waals surface area (Å²) in [5, 5.41) is 9.75. The van der Waals surface area contributed by atoms with Gasteiger partial charge in [0.25, 0.3) is 0 Å². The van der Waals surface area contributed by atoms with E-state index in [1.165, 1.54) is 10.4 Å². The molecule has 0 aromatic heterocycles.